The van der Waals surface area contributed by atoms with Gasteiger partial charge in [-0.1, -0.05) is 24.3 Å². The number of amides is 1. The van der Waals surface area contributed by atoms with Crippen LogP contribution in [0, 0.1) is 5.92 Å². The number of pyridine rings is 1. The maximum Gasteiger partial charge on any atom is 0.407 e. The van der Waals surface area contributed by atoms with Crippen LogP contribution in [0.15, 0.2) is 36.5 Å². The van der Waals surface area contributed by atoms with E-state index in [1.54, 1.807) is 0 Å². The Morgan fingerprint density at radius 1 is 1.37 bits per heavy atom. The van der Waals surface area contributed by atoms with Crippen LogP contribution in [0.4, 0.5) is 10.6 Å². The number of anilines is 1. The van der Waals surface area contributed by atoms with E-state index in [0.29, 0.717) is 18.7 Å². The lowest BCUT2D eigenvalue weighted by atomic mass is 9.89. The van der Waals surface area contributed by atoms with Gasteiger partial charge in [0.15, 0.2) is 0 Å². The minimum absolute atomic E-state index is 0.0312. The molecular weight excluding hydrogens is 344 g/mol. The number of carbonyl (C=O) groups is 2. The van der Waals surface area contributed by atoms with E-state index in [4.69, 9.17) is 0 Å². The van der Waals surface area contributed by atoms with Crippen molar-refractivity contribution in [2.45, 2.75) is 18.9 Å². The largest absolute Gasteiger partial charge is 0.465 e. The average Bonchev–Trinajstić information content (AvgIpc) is 2.71. The number of carboxylic acid groups (broad SMARTS) is 1. The fourth-order valence-electron chi connectivity index (χ4n) is 3.90. The SMILES string of the molecule is CNC(CN(CC=O)C(=O)O)C1CCN(c2nccc3ccccc23)CC1. The molecule has 27 heavy (non-hydrogen) atoms. The number of benzene rings is 1. The van der Waals surface area contributed by atoms with Gasteiger partial charge >= 0.3 is 6.09 Å². The topological polar surface area (TPSA) is 85.8 Å². The molecule has 2 N–H and O–H groups in total. The van der Waals surface area contributed by atoms with Gasteiger partial charge in [0.25, 0.3) is 0 Å². The predicted molar refractivity (Wildman–Crippen MR) is 105 cm³/mol. The molecule has 1 saturated heterocycles. The summed E-state index contributed by atoms with van der Waals surface area (Å²) in [5.41, 5.74) is 0. The van der Waals surface area contributed by atoms with Gasteiger partial charge in [-0.25, -0.2) is 9.78 Å². The van der Waals surface area contributed by atoms with Crippen molar-refractivity contribution in [3.63, 3.8) is 0 Å². The van der Waals surface area contributed by atoms with Crippen LogP contribution in [0.2, 0.25) is 0 Å². The minimum Gasteiger partial charge on any atom is -0.465 e. The zero-order valence-electron chi connectivity index (χ0n) is 15.5. The molecule has 3 rings (SSSR count). The van der Waals surface area contributed by atoms with Gasteiger partial charge in [0, 0.05) is 37.3 Å². The summed E-state index contributed by atoms with van der Waals surface area (Å²) in [6, 6.07) is 10.3. The van der Waals surface area contributed by atoms with E-state index in [1.807, 2.05) is 31.4 Å². The number of hydrogen-bond donors (Lipinski definition) is 2. The first kappa shape index (κ1) is 19.1. The zero-order valence-corrected chi connectivity index (χ0v) is 15.5. The van der Waals surface area contributed by atoms with Crippen LogP contribution in [-0.4, -0.2) is 66.6 Å². The molecule has 0 aliphatic carbocycles. The van der Waals surface area contributed by atoms with Gasteiger partial charge in [-0.3, -0.25) is 4.90 Å². The molecule has 7 heteroatoms. The monoisotopic (exact) mass is 370 g/mol. The molecule has 1 atom stereocenters. The van der Waals surface area contributed by atoms with Crippen molar-refractivity contribution in [2.75, 3.05) is 38.1 Å². The van der Waals surface area contributed by atoms with Gasteiger partial charge in [-0.05, 0) is 37.3 Å². The summed E-state index contributed by atoms with van der Waals surface area (Å²) >= 11 is 0. The Balaban J connectivity index is 1.66. The first-order valence-corrected chi connectivity index (χ1v) is 9.31. The molecular formula is C20H26N4O3. The van der Waals surface area contributed by atoms with E-state index >= 15 is 0 Å². The van der Waals surface area contributed by atoms with E-state index in [0.717, 1.165) is 37.1 Å². The highest BCUT2D eigenvalue weighted by Crippen LogP contribution is 2.29. The maximum atomic E-state index is 11.3. The summed E-state index contributed by atoms with van der Waals surface area (Å²) in [4.78, 5) is 30.1. The normalized spacial score (nSPS) is 16.3. The minimum atomic E-state index is -1.06. The summed E-state index contributed by atoms with van der Waals surface area (Å²) < 4.78 is 0. The molecule has 0 radical (unpaired) electrons. The summed E-state index contributed by atoms with van der Waals surface area (Å²) in [5.74, 6) is 1.37. The van der Waals surface area contributed by atoms with Gasteiger partial charge in [0.1, 0.15) is 12.1 Å². The number of hydrogen-bond acceptors (Lipinski definition) is 5. The standard InChI is InChI=1S/C20H26N4O3/c1-21-18(14-24(12-13-25)20(26)27)16-7-10-23(11-8-16)19-17-5-3-2-4-15(17)6-9-22-19/h2-6,9,13,16,18,21H,7-8,10-12,14H2,1H3,(H,26,27). The highest BCUT2D eigenvalue weighted by Gasteiger charge is 2.29. The number of aromatic nitrogens is 1. The van der Waals surface area contributed by atoms with Crippen molar-refractivity contribution in [3.05, 3.63) is 36.5 Å². The molecule has 1 aromatic carbocycles. The lowest BCUT2D eigenvalue weighted by Crippen LogP contribution is -2.49. The maximum absolute atomic E-state index is 11.3. The molecule has 1 aliphatic heterocycles. The van der Waals surface area contributed by atoms with Crippen LogP contribution in [0.5, 0.6) is 0 Å². The third kappa shape index (κ3) is 4.36. The van der Waals surface area contributed by atoms with Gasteiger partial charge in [0.2, 0.25) is 0 Å². The lowest BCUT2D eigenvalue weighted by Gasteiger charge is -2.38. The third-order valence-corrected chi connectivity index (χ3v) is 5.41. The van der Waals surface area contributed by atoms with E-state index in [-0.39, 0.29) is 12.6 Å². The fraction of sp³-hybridized carbons (Fsp3) is 0.450. The first-order chi connectivity index (χ1) is 13.1. The second-order valence-corrected chi connectivity index (χ2v) is 6.93. The van der Waals surface area contributed by atoms with Gasteiger partial charge < -0.3 is 20.1 Å². The Bertz CT molecular complexity index is 784. The summed E-state index contributed by atoms with van der Waals surface area (Å²) in [7, 11) is 1.85. The Morgan fingerprint density at radius 3 is 2.78 bits per heavy atom. The number of carbonyl (C=O) groups excluding carboxylic acids is 1. The number of nitrogens with zero attached hydrogens (tertiary/aromatic N) is 3. The predicted octanol–water partition coefficient (Wildman–Crippen LogP) is 2.22. The number of rotatable bonds is 7. The lowest BCUT2D eigenvalue weighted by molar-refractivity contribution is -0.108. The number of aldehydes is 1. The van der Waals surface area contributed by atoms with Gasteiger partial charge in [-0.2, -0.15) is 0 Å². The van der Waals surface area contributed by atoms with Crippen LogP contribution in [0.25, 0.3) is 10.8 Å². The number of likely N-dealkylation sites (N-methyl/N-ethyl adjacent to an activating group) is 1. The number of nitrogens with one attached hydrogen (secondary N) is 1. The van der Waals surface area contributed by atoms with Crippen molar-refractivity contribution in [3.8, 4) is 0 Å². The average molecular weight is 370 g/mol. The van der Waals surface area contributed by atoms with Crippen molar-refractivity contribution < 1.29 is 14.7 Å². The van der Waals surface area contributed by atoms with Crippen LogP contribution in [0.1, 0.15) is 12.8 Å². The van der Waals surface area contributed by atoms with Crippen molar-refractivity contribution in [1.29, 1.82) is 0 Å². The molecule has 1 unspecified atom stereocenters. The number of fused-ring (bicyclic) bond motifs is 1. The molecule has 7 nitrogen and oxygen atoms in total. The molecule has 0 saturated carbocycles. The molecule has 1 fully saturated rings. The Labute approximate surface area is 159 Å². The van der Waals surface area contributed by atoms with E-state index in [9.17, 15) is 14.7 Å². The molecule has 1 amide bonds. The van der Waals surface area contributed by atoms with Crippen LogP contribution < -0.4 is 10.2 Å². The Kier molecular flexibility index (Phi) is 6.24. The van der Waals surface area contributed by atoms with Crippen molar-refractivity contribution in [1.82, 2.24) is 15.2 Å². The molecule has 2 aromatic rings. The summed E-state index contributed by atoms with van der Waals surface area (Å²) in [6.07, 6.45) is 3.33. The number of piperidine rings is 1. The van der Waals surface area contributed by atoms with Crippen LogP contribution in [-0.2, 0) is 4.79 Å². The third-order valence-electron chi connectivity index (χ3n) is 5.41. The van der Waals surface area contributed by atoms with Crippen molar-refractivity contribution in [2.24, 2.45) is 5.92 Å². The molecule has 0 bridgehead atoms. The summed E-state index contributed by atoms with van der Waals surface area (Å²) in [6.45, 7) is 1.99. The Morgan fingerprint density at radius 2 is 2.11 bits per heavy atom. The van der Waals surface area contributed by atoms with Crippen LogP contribution >= 0.6 is 0 Å². The molecule has 1 aromatic heterocycles. The molecule has 1 aliphatic rings. The van der Waals surface area contributed by atoms with Gasteiger partial charge in [0.05, 0.1) is 6.54 Å². The van der Waals surface area contributed by atoms with E-state index in [1.165, 1.54) is 10.3 Å². The zero-order chi connectivity index (χ0) is 19.2. The smallest absolute Gasteiger partial charge is 0.407 e. The molecule has 0 spiro atoms. The van der Waals surface area contributed by atoms with E-state index in [2.05, 4.69) is 27.3 Å². The second kappa shape index (κ2) is 8.81. The van der Waals surface area contributed by atoms with Crippen LogP contribution in [0.3, 0.4) is 0 Å². The first-order valence-electron chi connectivity index (χ1n) is 9.31. The molecule has 144 valence electrons. The fourth-order valence-corrected chi connectivity index (χ4v) is 3.90. The highest BCUT2D eigenvalue weighted by atomic mass is 16.4. The van der Waals surface area contributed by atoms with E-state index < -0.39 is 6.09 Å². The second-order valence-electron chi connectivity index (χ2n) is 6.93. The Hall–Kier alpha value is -2.67. The van der Waals surface area contributed by atoms with Gasteiger partial charge in [-0.15, -0.1) is 0 Å². The quantitative estimate of drug-likeness (QED) is 0.727. The molecule has 2 heterocycles. The highest BCUT2D eigenvalue weighted by molar-refractivity contribution is 5.92. The summed E-state index contributed by atoms with van der Waals surface area (Å²) in [5, 5.41) is 14.8. The van der Waals surface area contributed by atoms with Crippen molar-refractivity contribution >= 4 is 29.0 Å².